The van der Waals surface area contributed by atoms with Gasteiger partial charge in [0.25, 0.3) is 0 Å². The summed E-state index contributed by atoms with van der Waals surface area (Å²) in [6.07, 6.45) is 3.98. The Balaban J connectivity index is 1.39. The maximum Gasteiger partial charge on any atom is 0.313 e. The van der Waals surface area contributed by atoms with Crippen LogP contribution in [0.1, 0.15) is 35.4 Å². The Hall–Kier alpha value is -2.69. The number of fused-ring (bicyclic) bond motifs is 1. The van der Waals surface area contributed by atoms with Crippen molar-refractivity contribution in [2.45, 2.75) is 31.6 Å². The van der Waals surface area contributed by atoms with Crippen LogP contribution in [-0.2, 0) is 22.4 Å². The Morgan fingerprint density at radius 1 is 1.08 bits per heavy atom. The van der Waals surface area contributed by atoms with Crippen LogP contribution in [0.3, 0.4) is 0 Å². The van der Waals surface area contributed by atoms with Gasteiger partial charge in [-0.25, -0.2) is 4.39 Å². The first-order valence-electron chi connectivity index (χ1n) is 9.07. The van der Waals surface area contributed by atoms with Crippen molar-refractivity contribution in [1.29, 1.82) is 0 Å². The molecule has 1 N–H and O–H groups in total. The van der Waals surface area contributed by atoms with Gasteiger partial charge >= 0.3 is 11.8 Å². The molecule has 2 aromatic rings. The number of carbonyl (C=O) groups excluding carboxylic acids is 2. The summed E-state index contributed by atoms with van der Waals surface area (Å²) in [5.74, 6) is -1.34. The van der Waals surface area contributed by atoms with Gasteiger partial charge in [-0.3, -0.25) is 9.59 Å². The number of aryl methyl sites for hydroxylation is 2. The topological polar surface area (TPSA) is 49.4 Å². The van der Waals surface area contributed by atoms with Crippen LogP contribution in [0.4, 0.5) is 10.1 Å². The van der Waals surface area contributed by atoms with Crippen molar-refractivity contribution in [2.75, 3.05) is 18.4 Å². The second kappa shape index (κ2) is 6.90. The van der Waals surface area contributed by atoms with Crippen LogP contribution in [0.25, 0.3) is 0 Å². The van der Waals surface area contributed by atoms with Crippen molar-refractivity contribution in [1.82, 2.24) is 4.90 Å². The van der Waals surface area contributed by atoms with Crippen molar-refractivity contribution in [3.05, 3.63) is 65.0 Å². The van der Waals surface area contributed by atoms with Crippen molar-refractivity contribution in [3.8, 4) is 0 Å². The van der Waals surface area contributed by atoms with Gasteiger partial charge in [-0.15, -0.1) is 0 Å². The van der Waals surface area contributed by atoms with Crippen molar-refractivity contribution < 1.29 is 14.0 Å². The number of benzene rings is 2. The van der Waals surface area contributed by atoms with E-state index in [-0.39, 0.29) is 11.7 Å². The second-order valence-corrected chi connectivity index (χ2v) is 7.08. The van der Waals surface area contributed by atoms with Gasteiger partial charge in [0.1, 0.15) is 5.82 Å². The molecule has 1 fully saturated rings. The smallest absolute Gasteiger partial charge is 0.313 e. The van der Waals surface area contributed by atoms with Crippen LogP contribution in [0.2, 0.25) is 0 Å². The molecule has 1 aliphatic carbocycles. The number of anilines is 1. The number of rotatable bonds is 2. The van der Waals surface area contributed by atoms with E-state index in [2.05, 4.69) is 5.32 Å². The molecule has 134 valence electrons. The third-order valence-corrected chi connectivity index (χ3v) is 5.35. The molecule has 0 aromatic heterocycles. The number of carbonyl (C=O) groups is 2. The summed E-state index contributed by atoms with van der Waals surface area (Å²) in [7, 11) is 0. The fourth-order valence-electron chi connectivity index (χ4n) is 3.96. The maximum absolute atomic E-state index is 13.4. The van der Waals surface area contributed by atoms with Crippen LogP contribution in [0, 0.1) is 5.82 Å². The number of nitrogens with one attached hydrogen (secondary N) is 1. The first-order chi connectivity index (χ1) is 12.6. The van der Waals surface area contributed by atoms with Gasteiger partial charge < -0.3 is 10.2 Å². The SMILES string of the molecule is O=C(Nc1ccc2c(c1)CCC2)C(=O)N1CC[C@H](c2cccc(F)c2)C1. The summed E-state index contributed by atoms with van der Waals surface area (Å²) in [5, 5.41) is 2.72. The summed E-state index contributed by atoms with van der Waals surface area (Å²) in [6, 6.07) is 12.3. The molecular formula is C21H21FN2O2. The zero-order valence-corrected chi connectivity index (χ0v) is 14.5. The maximum atomic E-state index is 13.4. The highest BCUT2D eigenvalue weighted by Gasteiger charge is 2.31. The minimum absolute atomic E-state index is 0.0717. The fourth-order valence-corrected chi connectivity index (χ4v) is 3.96. The summed E-state index contributed by atoms with van der Waals surface area (Å²) in [6.45, 7) is 0.956. The molecule has 0 spiro atoms. The van der Waals surface area contributed by atoms with E-state index in [1.165, 1.54) is 23.3 Å². The third kappa shape index (κ3) is 3.34. The zero-order valence-electron chi connectivity index (χ0n) is 14.5. The van der Waals surface area contributed by atoms with Crippen molar-refractivity contribution in [3.63, 3.8) is 0 Å². The molecular weight excluding hydrogens is 331 g/mol. The van der Waals surface area contributed by atoms with Gasteiger partial charge in [0.2, 0.25) is 0 Å². The molecule has 4 rings (SSSR count). The molecule has 26 heavy (non-hydrogen) atoms. The number of likely N-dealkylation sites (tertiary alicyclic amines) is 1. The first-order valence-corrected chi connectivity index (χ1v) is 9.07. The van der Waals surface area contributed by atoms with E-state index in [1.54, 1.807) is 11.0 Å². The molecule has 0 unspecified atom stereocenters. The van der Waals surface area contributed by atoms with Crippen molar-refractivity contribution in [2.24, 2.45) is 0 Å². The largest absolute Gasteiger partial charge is 0.334 e. The molecule has 1 atom stereocenters. The van der Waals surface area contributed by atoms with E-state index in [4.69, 9.17) is 0 Å². The molecule has 4 nitrogen and oxygen atoms in total. The van der Waals surface area contributed by atoms with E-state index >= 15 is 0 Å². The zero-order chi connectivity index (χ0) is 18.1. The summed E-state index contributed by atoms with van der Waals surface area (Å²) < 4.78 is 13.4. The Bertz CT molecular complexity index is 865. The first kappa shape index (κ1) is 16.8. The van der Waals surface area contributed by atoms with E-state index in [1.807, 2.05) is 24.3 Å². The lowest BCUT2D eigenvalue weighted by Gasteiger charge is -2.16. The Kier molecular flexibility index (Phi) is 4.45. The molecule has 2 aliphatic rings. The molecule has 2 aromatic carbocycles. The van der Waals surface area contributed by atoms with Crippen LogP contribution in [0.5, 0.6) is 0 Å². The van der Waals surface area contributed by atoms with E-state index in [0.29, 0.717) is 18.8 Å². The minimum atomic E-state index is -0.608. The van der Waals surface area contributed by atoms with Gasteiger partial charge in [-0.1, -0.05) is 18.2 Å². The average Bonchev–Trinajstić information content (AvgIpc) is 3.30. The average molecular weight is 352 g/mol. The highest BCUT2D eigenvalue weighted by atomic mass is 19.1. The van der Waals surface area contributed by atoms with Crippen molar-refractivity contribution >= 4 is 17.5 Å². The van der Waals surface area contributed by atoms with E-state index < -0.39 is 11.8 Å². The molecule has 1 heterocycles. The van der Waals surface area contributed by atoms with Gasteiger partial charge in [0.05, 0.1) is 0 Å². The number of halogens is 1. The second-order valence-electron chi connectivity index (χ2n) is 7.08. The van der Waals surface area contributed by atoms with Crippen LogP contribution < -0.4 is 5.32 Å². The number of amides is 2. The summed E-state index contributed by atoms with van der Waals surface area (Å²) >= 11 is 0. The molecule has 2 amide bonds. The molecule has 0 radical (unpaired) electrons. The standard InChI is InChI=1S/C21H21FN2O2/c22-18-6-2-5-15(11-18)17-9-10-24(13-17)21(26)20(25)23-19-8-7-14-3-1-4-16(14)12-19/h2,5-8,11-12,17H,1,3-4,9-10,13H2,(H,23,25)/t17-/m0/s1. The number of hydrogen-bond donors (Lipinski definition) is 1. The van der Waals surface area contributed by atoms with Crippen LogP contribution >= 0.6 is 0 Å². The molecule has 1 aliphatic heterocycles. The molecule has 0 saturated carbocycles. The van der Waals surface area contributed by atoms with Crippen LogP contribution in [0.15, 0.2) is 42.5 Å². The molecule has 1 saturated heterocycles. The van der Waals surface area contributed by atoms with E-state index in [9.17, 15) is 14.0 Å². The summed E-state index contributed by atoms with van der Waals surface area (Å²) in [5.41, 5.74) is 4.12. The normalized spacial score (nSPS) is 18.7. The monoisotopic (exact) mass is 352 g/mol. The Labute approximate surface area is 152 Å². The lowest BCUT2D eigenvalue weighted by Crippen LogP contribution is -2.38. The van der Waals surface area contributed by atoms with E-state index in [0.717, 1.165) is 31.2 Å². The summed E-state index contributed by atoms with van der Waals surface area (Å²) in [4.78, 5) is 26.4. The predicted octanol–water partition coefficient (Wildman–Crippen LogP) is 3.27. The van der Waals surface area contributed by atoms with Crippen LogP contribution in [-0.4, -0.2) is 29.8 Å². The quantitative estimate of drug-likeness (QED) is 0.844. The van der Waals surface area contributed by atoms with Gasteiger partial charge in [-0.05, 0) is 66.6 Å². The highest BCUT2D eigenvalue weighted by molar-refractivity contribution is 6.39. The minimum Gasteiger partial charge on any atom is -0.334 e. The number of nitrogens with zero attached hydrogens (tertiary/aromatic N) is 1. The lowest BCUT2D eigenvalue weighted by atomic mass is 9.98. The molecule has 0 bridgehead atoms. The highest BCUT2D eigenvalue weighted by Crippen LogP contribution is 2.28. The lowest BCUT2D eigenvalue weighted by molar-refractivity contribution is -0.142. The Morgan fingerprint density at radius 3 is 2.77 bits per heavy atom. The number of hydrogen-bond acceptors (Lipinski definition) is 2. The van der Waals surface area contributed by atoms with Gasteiger partial charge in [0, 0.05) is 24.7 Å². The third-order valence-electron chi connectivity index (χ3n) is 5.35. The Morgan fingerprint density at radius 2 is 1.92 bits per heavy atom. The van der Waals surface area contributed by atoms with Gasteiger partial charge in [0.15, 0.2) is 0 Å². The molecule has 5 heteroatoms. The fraction of sp³-hybridized carbons (Fsp3) is 0.333. The van der Waals surface area contributed by atoms with Gasteiger partial charge in [-0.2, -0.15) is 0 Å². The predicted molar refractivity (Wildman–Crippen MR) is 97.4 cm³/mol.